The molecule has 0 aliphatic heterocycles. The molecule has 0 aromatic heterocycles. The Bertz CT molecular complexity index is 878. The highest BCUT2D eigenvalue weighted by molar-refractivity contribution is 6.11. The Balaban J connectivity index is 1.43. The first-order valence-electron chi connectivity index (χ1n) is 13.0. The van der Waals surface area contributed by atoms with Gasteiger partial charge in [0.25, 0.3) is 0 Å². The zero-order valence-electron chi connectivity index (χ0n) is 20.1. The van der Waals surface area contributed by atoms with Gasteiger partial charge in [-0.05, 0) is 91.3 Å². The van der Waals surface area contributed by atoms with E-state index < -0.39 is 5.92 Å². The number of fused-ring (bicyclic) bond motifs is 5. The van der Waals surface area contributed by atoms with Gasteiger partial charge in [-0.3, -0.25) is 9.59 Å². The van der Waals surface area contributed by atoms with E-state index in [1.54, 1.807) is 0 Å². The number of aliphatic hydroxyl groups is 1. The summed E-state index contributed by atoms with van der Waals surface area (Å²) in [5.74, 6) is 3.07. The van der Waals surface area contributed by atoms with Gasteiger partial charge >= 0.3 is 0 Å². The van der Waals surface area contributed by atoms with Gasteiger partial charge in [0, 0.05) is 18.6 Å². The number of hydrogen-bond acceptors (Lipinski definition) is 3. The molecule has 174 valence electrons. The van der Waals surface area contributed by atoms with Crippen LogP contribution in [0.5, 0.6) is 0 Å². The Labute approximate surface area is 193 Å². The van der Waals surface area contributed by atoms with Crippen LogP contribution in [0.1, 0.15) is 82.5 Å². The summed E-state index contributed by atoms with van der Waals surface area (Å²) in [5.41, 5.74) is 1.13. The van der Waals surface area contributed by atoms with Crippen LogP contribution in [0, 0.1) is 52.3 Å². The summed E-state index contributed by atoms with van der Waals surface area (Å²) in [4.78, 5) is 26.6. The molecule has 0 spiro atoms. The van der Waals surface area contributed by atoms with Crippen molar-refractivity contribution in [3.8, 4) is 0 Å². The molecule has 0 amide bonds. The third-order valence-electron chi connectivity index (χ3n) is 11.0. The summed E-state index contributed by atoms with van der Waals surface area (Å²) in [6, 6.07) is 9.49. The topological polar surface area (TPSA) is 54.4 Å². The standard InChI is InChI=1S/C29H40O3/c1-18(17-30)21-11-12-22-20-9-10-24-26(27(32)19-7-5-4-6-8-19)25(31)14-16-29(24,3)23(20)13-15-28(21,22)2/h4-8,18,20-24,26,30H,9-17H2,1-3H3/t18-,20+,21+,22+,23+,24+,26+,28-,29+/m0/s1. The highest BCUT2D eigenvalue weighted by atomic mass is 16.3. The van der Waals surface area contributed by atoms with Crippen molar-refractivity contribution in [3.63, 3.8) is 0 Å². The van der Waals surface area contributed by atoms with Crippen molar-refractivity contribution < 1.29 is 14.7 Å². The van der Waals surface area contributed by atoms with Crippen LogP contribution in [0.4, 0.5) is 0 Å². The minimum atomic E-state index is -0.448. The molecule has 3 nitrogen and oxygen atoms in total. The lowest BCUT2D eigenvalue weighted by atomic mass is 9.43. The quantitative estimate of drug-likeness (QED) is 0.468. The zero-order valence-corrected chi connectivity index (χ0v) is 20.1. The fourth-order valence-corrected chi connectivity index (χ4v) is 9.39. The zero-order chi connectivity index (χ0) is 22.7. The average Bonchev–Trinajstić information content (AvgIpc) is 3.16. The lowest BCUT2D eigenvalue weighted by Crippen LogP contribution is -2.57. The van der Waals surface area contributed by atoms with Crippen molar-refractivity contribution in [2.24, 2.45) is 52.3 Å². The Morgan fingerprint density at radius 1 is 0.969 bits per heavy atom. The van der Waals surface area contributed by atoms with Gasteiger partial charge in [-0.15, -0.1) is 0 Å². The van der Waals surface area contributed by atoms with E-state index in [0.29, 0.717) is 47.7 Å². The van der Waals surface area contributed by atoms with Crippen LogP contribution in [-0.2, 0) is 4.79 Å². The summed E-state index contributed by atoms with van der Waals surface area (Å²) in [5, 5.41) is 9.86. The maximum atomic E-state index is 13.5. The highest BCUT2D eigenvalue weighted by Crippen LogP contribution is 2.68. The van der Waals surface area contributed by atoms with E-state index in [-0.39, 0.29) is 22.9 Å². The van der Waals surface area contributed by atoms with Gasteiger partial charge in [0.2, 0.25) is 0 Å². The molecule has 0 saturated heterocycles. The maximum Gasteiger partial charge on any atom is 0.173 e. The molecule has 9 atom stereocenters. The molecule has 1 N–H and O–H groups in total. The Morgan fingerprint density at radius 3 is 2.38 bits per heavy atom. The first-order valence-corrected chi connectivity index (χ1v) is 13.0. The number of Topliss-reactive ketones (excluding diaryl/α,β-unsaturated/α-hetero) is 2. The fraction of sp³-hybridized carbons (Fsp3) is 0.724. The molecule has 1 aromatic carbocycles. The van der Waals surface area contributed by atoms with Crippen LogP contribution < -0.4 is 0 Å². The van der Waals surface area contributed by atoms with Crippen LogP contribution in [0.3, 0.4) is 0 Å². The van der Waals surface area contributed by atoms with Gasteiger partial charge in [0.15, 0.2) is 5.78 Å². The number of ketones is 2. The lowest BCUT2D eigenvalue weighted by Gasteiger charge is -2.61. The van der Waals surface area contributed by atoms with Gasteiger partial charge in [-0.1, -0.05) is 51.1 Å². The van der Waals surface area contributed by atoms with E-state index in [9.17, 15) is 14.7 Å². The maximum absolute atomic E-state index is 13.5. The van der Waals surface area contributed by atoms with Crippen LogP contribution >= 0.6 is 0 Å². The minimum absolute atomic E-state index is 0.0586. The predicted octanol–water partition coefficient (Wildman–Crippen LogP) is 5.95. The van der Waals surface area contributed by atoms with Gasteiger partial charge in [0.1, 0.15) is 5.78 Å². The molecule has 32 heavy (non-hydrogen) atoms. The lowest BCUT2D eigenvalue weighted by molar-refractivity contribution is -0.148. The third-order valence-corrected chi connectivity index (χ3v) is 11.0. The van der Waals surface area contributed by atoms with Gasteiger partial charge in [0.05, 0.1) is 5.92 Å². The third kappa shape index (κ3) is 3.17. The van der Waals surface area contributed by atoms with E-state index in [4.69, 9.17) is 0 Å². The van der Waals surface area contributed by atoms with Crippen molar-refractivity contribution in [1.29, 1.82) is 0 Å². The van der Waals surface area contributed by atoms with Crippen LogP contribution in [0.2, 0.25) is 0 Å². The van der Waals surface area contributed by atoms with Crippen molar-refractivity contribution >= 4 is 11.6 Å². The second-order valence-corrected chi connectivity index (χ2v) is 12.1. The normalized spacial score (nSPS) is 44.3. The summed E-state index contributed by atoms with van der Waals surface area (Å²) in [6.45, 7) is 7.47. The molecule has 4 aliphatic carbocycles. The average molecular weight is 437 g/mol. The van der Waals surface area contributed by atoms with E-state index >= 15 is 0 Å². The Morgan fingerprint density at radius 2 is 1.66 bits per heavy atom. The summed E-state index contributed by atoms with van der Waals surface area (Å²) in [6.07, 6.45) is 8.69. The number of hydrogen-bond donors (Lipinski definition) is 1. The first kappa shape index (κ1) is 22.3. The molecule has 3 heteroatoms. The van der Waals surface area contributed by atoms with Crippen LogP contribution in [0.15, 0.2) is 30.3 Å². The molecule has 0 heterocycles. The van der Waals surface area contributed by atoms with Crippen LogP contribution in [-0.4, -0.2) is 23.3 Å². The molecular formula is C29H40O3. The van der Waals surface area contributed by atoms with Crippen molar-refractivity contribution in [3.05, 3.63) is 35.9 Å². The number of rotatable bonds is 4. The molecule has 4 fully saturated rings. The van der Waals surface area contributed by atoms with E-state index in [2.05, 4.69) is 20.8 Å². The summed E-state index contributed by atoms with van der Waals surface area (Å²) in [7, 11) is 0. The molecule has 4 saturated carbocycles. The van der Waals surface area contributed by atoms with Crippen molar-refractivity contribution in [1.82, 2.24) is 0 Å². The van der Waals surface area contributed by atoms with Gasteiger partial charge in [-0.2, -0.15) is 0 Å². The molecular weight excluding hydrogens is 396 g/mol. The fourth-order valence-electron chi connectivity index (χ4n) is 9.39. The second kappa shape index (κ2) is 8.08. The van der Waals surface area contributed by atoms with Gasteiger partial charge in [-0.25, -0.2) is 0 Å². The van der Waals surface area contributed by atoms with E-state index in [0.717, 1.165) is 25.2 Å². The van der Waals surface area contributed by atoms with Gasteiger partial charge < -0.3 is 5.11 Å². The Hall–Kier alpha value is -1.48. The molecule has 0 bridgehead atoms. The molecule has 5 rings (SSSR count). The molecule has 4 aliphatic rings. The second-order valence-electron chi connectivity index (χ2n) is 12.1. The SMILES string of the molecule is C[C@@H](CO)[C@H]1CC[C@@H]2[C@H]3CC[C@@H]4[C@@H](C(=O)c5ccccc5)C(=O)CC[C@]4(C)[C@@H]3CC[C@]21C. The van der Waals surface area contributed by atoms with E-state index in [1.165, 1.54) is 25.7 Å². The number of carbonyl (C=O) groups is 2. The smallest absolute Gasteiger partial charge is 0.173 e. The van der Waals surface area contributed by atoms with Crippen LogP contribution in [0.25, 0.3) is 0 Å². The first-order chi connectivity index (χ1) is 15.3. The van der Waals surface area contributed by atoms with Crippen molar-refractivity contribution in [2.75, 3.05) is 6.61 Å². The molecule has 1 aromatic rings. The predicted molar refractivity (Wildman–Crippen MR) is 126 cm³/mol. The largest absolute Gasteiger partial charge is 0.396 e. The highest BCUT2D eigenvalue weighted by Gasteiger charge is 2.62. The van der Waals surface area contributed by atoms with E-state index in [1.807, 2.05) is 30.3 Å². The summed E-state index contributed by atoms with van der Waals surface area (Å²) >= 11 is 0. The summed E-state index contributed by atoms with van der Waals surface area (Å²) < 4.78 is 0. The molecule has 0 unspecified atom stereocenters. The number of carbonyl (C=O) groups excluding carboxylic acids is 2. The molecule has 0 radical (unpaired) electrons. The number of aliphatic hydroxyl groups excluding tert-OH is 1. The number of benzene rings is 1. The minimum Gasteiger partial charge on any atom is -0.396 e. The van der Waals surface area contributed by atoms with Crippen molar-refractivity contribution in [2.45, 2.75) is 72.1 Å². The monoisotopic (exact) mass is 436 g/mol. The Kier molecular flexibility index (Phi) is 5.63.